The fraction of sp³-hybridized carbons (Fsp3) is 0. The largest absolute Gasteiger partial charge is 0.361 e. The third-order valence-corrected chi connectivity index (χ3v) is 2.80. The normalized spacial score (nSPS) is 10.6. The number of carbonyl (C=O) groups excluding carboxylic acids is 1. The van der Waals surface area contributed by atoms with Crippen LogP contribution in [0.4, 0.5) is 0 Å². The highest BCUT2D eigenvalue weighted by Crippen LogP contribution is 2.17. The molecule has 2 heteroatoms. The summed E-state index contributed by atoms with van der Waals surface area (Å²) >= 11 is 0. The van der Waals surface area contributed by atoms with E-state index in [0.29, 0.717) is 11.1 Å². The summed E-state index contributed by atoms with van der Waals surface area (Å²) in [6.45, 7) is 0. The van der Waals surface area contributed by atoms with Crippen molar-refractivity contribution in [1.29, 1.82) is 0 Å². The molecule has 0 fully saturated rings. The molecule has 0 aliphatic heterocycles. The van der Waals surface area contributed by atoms with Gasteiger partial charge < -0.3 is 4.98 Å². The lowest BCUT2D eigenvalue weighted by Gasteiger charge is -2.01. The Bertz CT molecular complexity index is 667. The summed E-state index contributed by atoms with van der Waals surface area (Å²) in [6, 6.07) is 17.6. The molecule has 0 spiro atoms. The molecule has 3 rings (SSSR count). The molecule has 2 aromatic carbocycles. The van der Waals surface area contributed by atoms with Crippen LogP contribution in [0.1, 0.15) is 15.9 Å². The lowest BCUT2D eigenvalue weighted by Crippen LogP contribution is -2.00. The quantitative estimate of drug-likeness (QED) is 0.661. The average molecular weight is 220 g/mol. The van der Waals surface area contributed by atoms with Crippen LogP contribution < -0.4 is 0 Å². The Morgan fingerprint density at radius 3 is 2.65 bits per heavy atom. The zero-order valence-corrected chi connectivity index (χ0v) is 9.10. The molecule has 81 valence electrons. The molecule has 2 nitrogen and oxygen atoms in total. The van der Waals surface area contributed by atoms with Crippen molar-refractivity contribution in [1.82, 2.24) is 4.98 Å². The summed E-state index contributed by atoms with van der Waals surface area (Å²) in [5, 5.41) is 1.05. The Morgan fingerprint density at radius 2 is 1.82 bits per heavy atom. The van der Waals surface area contributed by atoms with Crippen LogP contribution >= 0.6 is 0 Å². The van der Waals surface area contributed by atoms with Crippen molar-refractivity contribution in [2.45, 2.75) is 0 Å². The Labute approximate surface area is 98.9 Å². The SMILES string of the molecule is O=C(c1cc[c]cc1)c1ccc2[nH]ccc2c1. The molecule has 17 heavy (non-hydrogen) atoms. The number of hydrogen-bond acceptors (Lipinski definition) is 1. The molecule has 0 unspecified atom stereocenters. The molecule has 1 radical (unpaired) electrons. The summed E-state index contributed by atoms with van der Waals surface area (Å²) in [4.78, 5) is 15.3. The predicted octanol–water partition coefficient (Wildman–Crippen LogP) is 3.20. The first-order valence-corrected chi connectivity index (χ1v) is 5.42. The second-order valence-corrected chi connectivity index (χ2v) is 3.90. The van der Waals surface area contributed by atoms with Crippen LogP contribution in [0.2, 0.25) is 0 Å². The van der Waals surface area contributed by atoms with Gasteiger partial charge in [-0.3, -0.25) is 4.79 Å². The molecule has 0 saturated heterocycles. The lowest BCUT2D eigenvalue weighted by molar-refractivity contribution is 0.103. The Balaban J connectivity index is 2.06. The van der Waals surface area contributed by atoms with Crippen molar-refractivity contribution < 1.29 is 4.79 Å². The topological polar surface area (TPSA) is 32.9 Å². The van der Waals surface area contributed by atoms with Gasteiger partial charge >= 0.3 is 0 Å². The van der Waals surface area contributed by atoms with E-state index >= 15 is 0 Å². The molecule has 3 aromatic rings. The van der Waals surface area contributed by atoms with Crippen molar-refractivity contribution >= 4 is 16.7 Å². The van der Waals surface area contributed by atoms with E-state index in [1.54, 1.807) is 24.3 Å². The third kappa shape index (κ3) is 1.74. The van der Waals surface area contributed by atoms with Gasteiger partial charge in [0, 0.05) is 28.2 Å². The zero-order valence-electron chi connectivity index (χ0n) is 9.10. The molecule has 0 amide bonds. The number of aromatic nitrogens is 1. The molecule has 0 aliphatic rings. The van der Waals surface area contributed by atoms with Gasteiger partial charge in [0.05, 0.1) is 0 Å². The number of nitrogens with one attached hydrogen (secondary N) is 1. The number of H-pyrrole nitrogens is 1. The first-order chi connectivity index (χ1) is 8.34. The van der Waals surface area contributed by atoms with Crippen molar-refractivity contribution in [3.8, 4) is 0 Å². The molecule has 1 N–H and O–H groups in total. The monoisotopic (exact) mass is 220 g/mol. The molecular formula is C15H10NO. The van der Waals surface area contributed by atoms with Gasteiger partial charge in [-0.05, 0) is 30.3 Å². The van der Waals surface area contributed by atoms with E-state index in [0.717, 1.165) is 10.9 Å². The van der Waals surface area contributed by atoms with Crippen LogP contribution in [0, 0.1) is 6.07 Å². The summed E-state index contributed by atoms with van der Waals surface area (Å²) in [5.74, 6) is 0.0436. The fourth-order valence-electron chi connectivity index (χ4n) is 1.90. The summed E-state index contributed by atoms with van der Waals surface area (Å²) in [7, 11) is 0. The highest BCUT2D eigenvalue weighted by atomic mass is 16.1. The zero-order chi connectivity index (χ0) is 11.7. The number of benzene rings is 2. The first-order valence-electron chi connectivity index (χ1n) is 5.42. The molecule has 0 atom stereocenters. The molecule has 1 heterocycles. The van der Waals surface area contributed by atoms with Crippen LogP contribution in [0.15, 0.2) is 54.7 Å². The average Bonchev–Trinajstić information content (AvgIpc) is 2.86. The first kappa shape index (κ1) is 9.85. The van der Waals surface area contributed by atoms with E-state index < -0.39 is 0 Å². The molecule has 0 saturated carbocycles. The van der Waals surface area contributed by atoms with E-state index in [1.165, 1.54) is 0 Å². The minimum absolute atomic E-state index is 0.0436. The van der Waals surface area contributed by atoms with E-state index in [-0.39, 0.29) is 5.78 Å². The molecule has 0 bridgehead atoms. The van der Waals surface area contributed by atoms with Crippen LogP contribution in [0.3, 0.4) is 0 Å². The fourth-order valence-corrected chi connectivity index (χ4v) is 1.90. The maximum atomic E-state index is 12.2. The second-order valence-electron chi connectivity index (χ2n) is 3.90. The Hall–Kier alpha value is -2.35. The number of carbonyl (C=O) groups is 1. The second kappa shape index (κ2) is 3.91. The minimum Gasteiger partial charge on any atom is -0.361 e. The summed E-state index contributed by atoms with van der Waals surface area (Å²) < 4.78 is 0. The van der Waals surface area contributed by atoms with Gasteiger partial charge in [0.15, 0.2) is 5.78 Å². The van der Waals surface area contributed by atoms with Crippen LogP contribution in [0.5, 0.6) is 0 Å². The van der Waals surface area contributed by atoms with Crippen molar-refractivity contribution in [2.75, 3.05) is 0 Å². The highest BCUT2D eigenvalue weighted by molar-refractivity contribution is 6.10. The van der Waals surface area contributed by atoms with Gasteiger partial charge in [-0.2, -0.15) is 0 Å². The number of ketones is 1. The van der Waals surface area contributed by atoms with Crippen LogP contribution in [-0.4, -0.2) is 10.8 Å². The van der Waals surface area contributed by atoms with Gasteiger partial charge in [0.2, 0.25) is 0 Å². The van der Waals surface area contributed by atoms with Crippen molar-refractivity contribution in [3.63, 3.8) is 0 Å². The smallest absolute Gasteiger partial charge is 0.193 e. The van der Waals surface area contributed by atoms with Crippen molar-refractivity contribution in [2.24, 2.45) is 0 Å². The van der Waals surface area contributed by atoms with E-state index in [4.69, 9.17) is 0 Å². The number of fused-ring (bicyclic) bond motifs is 1. The predicted molar refractivity (Wildman–Crippen MR) is 67.0 cm³/mol. The summed E-state index contributed by atoms with van der Waals surface area (Å²) in [6.07, 6.45) is 1.87. The minimum atomic E-state index is 0.0436. The van der Waals surface area contributed by atoms with Gasteiger partial charge in [-0.25, -0.2) is 0 Å². The maximum absolute atomic E-state index is 12.2. The van der Waals surface area contributed by atoms with Crippen LogP contribution in [-0.2, 0) is 0 Å². The van der Waals surface area contributed by atoms with E-state index in [1.807, 2.05) is 30.5 Å². The highest BCUT2D eigenvalue weighted by Gasteiger charge is 2.08. The van der Waals surface area contributed by atoms with E-state index in [2.05, 4.69) is 11.1 Å². The van der Waals surface area contributed by atoms with Gasteiger partial charge in [-0.1, -0.05) is 24.3 Å². The molecule has 1 aromatic heterocycles. The number of aromatic amines is 1. The molecule has 0 aliphatic carbocycles. The van der Waals surface area contributed by atoms with Gasteiger partial charge in [0.1, 0.15) is 0 Å². The van der Waals surface area contributed by atoms with Crippen molar-refractivity contribution in [3.05, 3.63) is 71.9 Å². The Kier molecular flexibility index (Phi) is 2.26. The van der Waals surface area contributed by atoms with E-state index in [9.17, 15) is 4.79 Å². The number of hydrogen-bond donors (Lipinski definition) is 1. The standard InChI is InChI=1S/C15H10NO/c17-15(11-4-2-1-3-5-11)13-6-7-14-12(10-13)8-9-16-14/h2-10,16H. The lowest BCUT2D eigenvalue weighted by atomic mass is 10.0. The molecular weight excluding hydrogens is 210 g/mol. The number of rotatable bonds is 2. The summed E-state index contributed by atoms with van der Waals surface area (Å²) in [5.41, 5.74) is 2.45. The maximum Gasteiger partial charge on any atom is 0.193 e. The van der Waals surface area contributed by atoms with Gasteiger partial charge in [-0.15, -0.1) is 0 Å². The van der Waals surface area contributed by atoms with Crippen LogP contribution in [0.25, 0.3) is 10.9 Å². The Morgan fingerprint density at radius 1 is 1.00 bits per heavy atom. The third-order valence-electron chi connectivity index (χ3n) is 2.80. The van der Waals surface area contributed by atoms with Gasteiger partial charge in [0.25, 0.3) is 0 Å².